The third-order valence-electron chi connectivity index (χ3n) is 4.43. The first-order valence-corrected chi connectivity index (χ1v) is 11.1. The Morgan fingerprint density at radius 3 is 2.50 bits per heavy atom. The molecule has 0 radical (unpaired) electrons. The number of benzene rings is 2. The van der Waals surface area contributed by atoms with Gasteiger partial charge in [-0.25, -0.2) is 0 Å². The molecule has 2 aromatic carbocycles. The fraction of sp³-hybridized carbons (Fsp3) is 0.435. The van der Waals surface area contributed by atoms with Crippen molar-refractivity contribution in [3.8, 4) is 11.5 Å². The van der Waals surface area contributed by atoms with Crippen LogP contribution < -0.4 is 20.1 Å². The molecule has 0 aliphatic carbocycles. The smallest absolute Gasteiger partial charge is 0.262 e. The summed E-state index contributed by atoms with van der Waals surface area (Å²) in [5.74, 6) is 0.904. The maximum Gasteiger partial charge on any atom is 0.262 e. The molecule has 0 saturated carbocycles. The van der Waals surface area contributed by atoms with E-state index in [1.807, 2.05) is 50.2 Å². The molecule has 0 atom stereocenters. The zero-order valence-corrected chi connectivity index (χ0v) is 19.3. The van der Waals surface area contributed by atoms with Gasteiger partial charge in [0.1, 0.15) is 0 Å². The highest BCUT2D eigenvalue weighted by Gasteiger charge is 2.13. The number of aliphatic hydroxyl groups is 1. The summed E-state index contributed by atoms with van der Waals surface area (Å²) < 4.78 is 12.4. The normalized spacial score (nSPS) is 10.7. The number of carbonyl (C=O) groups is 1. The molecule has 2 rings (SSSR count). The molecule has 0 bridgehead atoms. The van der Waals surface area contributed by atoms with E-state index in [1.165, 1.54) is 0 Å². The van der Waals surface area contributed by atoms with Crippen molar-refractivity contribution in [2.75, 3.05) is 31.7 Å². The van der Waals surface area contributed by atoms with Crippen LogP contribution in [-0.2, 0) is 11.3 Å². The number of carbonyl (C=O) groups excluding carboxylic acids is 1. The molecule has 7 heteroatoms. The van der Waals surface area contributed by atoms with Crippen LogP contribution in [0.4, 0.5) is 5.69 Å². The SMILES string of the molecule is CCOc1cc(CNCCCCCO)c(Br)cc1OCC(=O)Nc1ccc(C)cc1. The molecule has 2 aromatic rings. The van der Waals surface area contributed by atoms with Crippen LogP contribution in [0.2, 0.25) is 0 Å². The van der Waals surface area contributed by atoms with Crippen molar-refractivity contribution in [3.05, 3.63) is 52.0 Å². The van der Waals surface area contributed by atoms with E-state index in [1.54, 1.807) is 0 Å². The van der Waals surface area contributed by atoms with Crippen molar-refractivity contribution >= 4 is 27.5 Å². The number of hydrogen-bond donors (Lipinski definition) is 3. The van der Waals surface area contributed by atoms with Gasteiger partial charge in [-0.15, -0.1) is 0 Å². The molecular formula is C23H31BrN2O4. The van der Waals surface area contributed by atoms with Gasteiger partial charge in [0.25, 0.3) is 5.91 Å². The molecule has 0 aromatic heterocycles. The van der Waals surface area contributed by atoms with Crippen molar-refractivity contribution in [3.63, 3.8) is 0 Å². The Labute approximate surface area is 187 Å². The Hall–Kier alpha value is -2.09. The van der Waals surface area contributed by atoms with Gasteiger partial charge >= 0.3 is 0 Å². The van der Waals surface area contributed by atoms with Crippen LogP contribution in [0, 0.1) is 6.92 Å². The summed E-state index contributed by atoms with van der Waals surface area (Å²) in [7, 11) is 0. The highest BCUT2D eigenvalue weighted by molar-refractivity contribution is 9.10. The van der Waals surface area contributed by atoms with Crippen LogP contribution in [0.25, 0.3) is 0 Å². The quantitative estimate of drug-likeness (QED) is 0.371. The van der Waals surface area contributed by atoms with E-state index in [0.717, 1.165) is 47.1 Å². The minimum absolute atomic E-state index is 0.108. The summed E-state index contributed by atoms with van der Waals surface area (Å²) in [4.78, 5) is 12.2. The molecule has 164 valence electrons. The number of ether oxygens (including phenoxy) is 2. The molecule has 0 heterocycles. The lowest BCUT2D eigenvalue weighted by atomic mass is 10.2. The molecule has 0 saturated heterocycles. The molecule has 30 heavy (non-hydrogen) atoms. The third kappa shape index (κ3) is 8.34. The van der Waals surface area contributed by atoms with E-state index < -0.39 is 0 Å². The zero-order chi connectivity index (χ0) is 21.8. The van der Waals surface area contributed by atoms with Crippen LogP contribution >= 0.6 is 15.9 Å². The topological polar surface area (TPSA) is 79.8 Å². The van der Waals surface area contributed by atoms with Crippen LogP contribution in [-0.4, -0.2) is 37.4 Å². The van der Waals surface area contributed by atoms with Gasteiger partial charge in [0.15, 0.2) is 18.1 Å². The Balaban J connectivity index is 1.93. The Morgan fingerprint density at radius 1 is 1.07 bits per heavy atom. The van der Waals surface area contributed by atoms with Gasteiger partial charge in [0.2, 0.25) is 0 Å². The highest BCUT2D eigenvalue weighted by atomic mass is 79.9. The molecule has 6 nitrogen and oxygen atoms in total. The van der Waals surface area contributed by atoms with Crippen LogP contribution in [0.3, 0.4) is 0 Å². The number of hydrogen-bond acceptors (Lipinski definition) is 5. The summed E-state index contributed by atoms with van der Waals surface area (Å²) in [6.45, 7) is 6.12. The lowest BCUT2D eigenvalue weighted by molar-refractivity contribution is -0.118. The predicted molar refractivity (Wildman–Crippen MR) is 123 cm³/mol. The van der Waals surface area contributed by atoms with Crippen LogP contribution in [0.1, 0.15) is 37.3 Å². The average molecular weight is 479 g/mol. The summed E-state index contributed by atoms with van der Waals surface area (Å²) in [6, 6.07) is 11.4. The van der Waals surface area contributed by atoms with Gasteiger partial charge in [0.05, 0.1) is 6.61 Å². The maximum atomic E-state index is 12.2. The monoisotopic (exact) mass is 478 g/mol. The molecule has 0 spiro atoms. The number of aliphatic hydroxyl groups excluding tert-OH is 1. The van der Waals surface area contributed by atoms with Crippen LogP contribution in [0.5, 0.6) is 11.5 Å². The second kappa shape index (κ2) is 13.3. The second-order valence-electron chi connectivity index (χ2n) is 6.99. The maximum absolute atomic E-state index is 12.2. The number of unbranched alkanes of at least 4 members (excludes halogenated alkanes) is 2. The average Bonchev–Trinajstić information content (AvgIpc) is 2.73. The molecule has 1 amide bonds. The molecule has 0 fully saturated rings. The first-order chi connectivity index (χ1) is 14.5. The number of aryl methyl sites for hydroxylation is 1. The van der Waals surface area contributed by atoms with E-state index >= 15 is 0 Å². The third-order valence-corrected chi connectivity index (χ3v) is 5.17. The van der Waals surface area contributed by atoms with Crippen molar-refractivity contribution in [2.24, 2.45) is 0 Å². The van der Waals surface area contributed by atoms with E-state index in [9.17, 15) is 4.79 Å². The largest absolute Gasteiger partial charge is 0.490 e. The lowest BCUT2D eigenvalue weighted by Crippen LogP contribution is -2.20. The number of anilines is 1. The molecule has 0 unspecified atom stereocenters. The lowest BCUT2D eigenvalue weighted by Gasteiger charge is -2.15. The molecule has 3 N–H and O–H groups in total. The van der Waals surface area contributed by atoms with Gasteiger partial charge in [-0.2, -0.15) is 0 Å². The summed E-state index contributed by atoms with van der Waals surface area (Å²) in [6.07, 6.45) is 2.86. The van der Waals surface area contributed by atoms with Gasteiger partial charge in [0, 0.05) is 23.3 Å². The number of amides is 1. The minimum atomic E-state index is -0.231. The predicted octanol–water partition coefficient (Wildman–Crippen LogP) is 4.43. The Morgan fingerprint density at radius 2 is 1.80 bits per heavy atom. The molecular weight excluding hydrogens is 448 g/mol. The number of rotatable bonds is 13. The summed E-state index contributed by atoms with van der Waals surface area (Å²) >= 11 is 3.58. The van der Waals surface area contributed by atoms with Crippen molar-refractivity contribution in [1.29, 1.82) is 0 Å². The summed E-state index contributed by atoms with van der Waals surface area (Å²) in [5.41, 5.74) is 2.92. The first-order valence-electron chi connectivity index (χ1n) is 10.3. The van der Waals surface area contributed by atoms with Gasteiger partial charge in [-0.05, 0) is 69.5 Å². The minimum Gasteiger partial charge on any atom is -0.490 e. The fourth-order valence-electron chi connectivity index (χ4n) is 2.83. The molecule has 0 aliphatic heterocycles. The van der Waals surface area contributed by atoms with E-state index in [0.29, 0.717) is 24.7 Å². The Bertz CT molecular complexity index is 797. The highest BCUT2D eigenvalue weighted by Crippen LogP contribution is 2.34. The number of halogens is 1. The standard InChI is InChI=1S/C23H31BrN2O4/c1-3-29-21-13-18(15-25-11-5-4-6-12-27)20(24)14-22(21)30-16-23(28)26-19-9-7-17(2)8-10-19/h7-10,13-14,25,27H,3-6,11-12,15-16H2,1-2H3,(H,26,28). The summed E-state index contributed by atoms with van der Waals surface area (Å²) in [5, 5.41) is 15.1. The van der Waals surface area contributed by atoms with E-state index in [2.05, 4.69) is 26.6 Å². The Kier molecular flexibility index (Phi) is 10.7. The van der Waals surface area contributed by atoms with Crippen molar-refractivity contribution in [1.82, 2.24) is 5.32 Å². The first kappa shape index (κ1) is 24.2. The van der Waals surface area contributed by atoms with E-state index in [-0.39, 0.29) is 19.1 Å². The zero-order valence-electron chi connectivity index (χ0n) is 17.7. The van der Waals surface area contributed by atoms with Gasteiger partial charge in [-0.1, -0.05) is 33.6 Å². The number of nitrogens with one attached hydrogen (secondary N) is 2. The van der Waals surface area contributed by atoms with Crippen LogP contribution in [0.15, 0.2) is 40.9 Å². The van der Waals surface area contributed by atoms with E-state index in [4.69, 9.17) is 14.6 Å². The van der Waals surface area contributed by atoms with Crippen molar-refractivity contribution < 1.29 is 19.4 Å². The second-order valence-corrected chi connectivity index (χ2v) is 7.84. The van der Waals surface area contributed by atoms with Gasteiger partial charge < -0.3 is 25.2 Å². The van der Waals surface area contributed by atoms with Crippen molar-refractivity contribution in [2.45, 2.75) is 39.7 Å². The fourth-order valence-corrected chi connectivity index (χ4v) is 3.30. The molecule has 0 aliphatic rings. The van der Waals surface area contributed by atoms with Gasteiger partial charge in [-0.3, -0.25) is 4.79 Å².